The minimum absolute atomic E-state index is 0.0898. The van der Waals surface area contributed by atoms with Gasteiger partial charge >= 0.3 is 11.7 Å². The number of hydrogen-bond acceptors (Lipinski definition) is 5. The van der Waals surface area contributed by atoms with Crippen LogP contribution in [-0.4, -0.2) is 43.8 Å². The van der Waals surface area contributed by atoms with Crippen molar-refractivity contribution < 1.29 is 14.6 Å². The largest absolute Gasteiger partial charge is 0.479 e. The molecular formula is C11H17N3O4S. The number of H-pyrrole nitrogens is 1. The van der Waals surface area contributed by atoms with Crippen LogP contribution >= 0.6 is 11.8 Å². The van der Waals surface area contributed by atoms with E-state index in [1.54, 1.807) is 4.57 Å². The lowest BCUT2D eigenvalue weighted by molar-refractivity contribution is -0.148. The van der Waals surface area contributed by atoms with E-state index in [0.717, 1.165) is 12.8 Å². The first-order chi connectivity index (χ1) is 9.11. The monoisotopic (exact) mass is 287 g/mol. The van der Waals surface area contributed by atoms with Crippen molar-refractivity contribution in [3.63, 3.8) is 0 Å². The molecule has 1 fully saturated rings. The molecule has 2 unspecified atom stereocenters. The molecule has 19 heavy (non-hydrogen) atoms. The number of ether oxygens (including phenoxy) is 1. The minimum atomic E-state index is -0.907. The van der Waals surface area contributed by atoms with Crippen LogP contribution in [-0.2, 0) is 16.1 Å². The molecule has 2 heterocycles. The van der Waals surface area contributed by atoms with Crippen LogP contribution in [0.5, 0.6) is 0 Å². The third-order valence-electron chi connectivity index (χ3n) is 2.95. The van der Waals surface area contributed by atoms with Gasteiger partial charge in [-0.15, -0.1) is 5.10 Å². The Morgan fingerprint density at radius 2 is 2.42 bits per heavy atom. The van der Waals surface area contributed by atoms with E-state index in [2.05, 4.69) is 10.2 Å². The van der Waals surface area contributed by atoms with Gasteiger partial charge in [0.1, 0.15) is 0 Å². The molecule has 0 aromatic carbocycles. The fraction of sp³-hybridized carbons (Fsp3) is 0.727. The summed E-state index contributed by atoms with van der Waals surface area (Å²) in [6.07, 6.45) is 1.35. The van der Waals surface area contributed by atoms with E-state index in [4.69, 9.17) is 9.84 Å². The molecule has 0 spiro atoms. The van der Waals surface area contributed by atoms with Crippen molar-refractivity contribution >= 4 is 17.7 Å². The molecule has 106 valence electrons. The first-order valence-corrected chi connectivity index (χ1v) is 7.26. The molecule has 1 aliphatic rings. The third-order valence-corrected chi connectivity index (χ3v) is 4.06. The summed E-state index contributed by atoms with van der Waals surface area (Å²) in [5, 5.41) is 15.9. The number of carboxylic acids is 1. The van der Waals surface area contributed by atoms with Crippen LogP contribution in [0.1, 0.15) is 26.2 Å². The Bertz CT molecular complexity index is 498. The highest BCUT2D eigenvalue weighted by atomic mass is 32.2. The molecule has 2 atom stereocenters. The van der Waals surface area contributed by atoms with Crippen molar-refractivity contribution in [1.29, 1.82) is 0 Å². The predicted molar refractivity (Wildman–Crippen MR) is 69.4 cm³/mol. The molecule has 7 nitrogen and oxygen atoms in total. The second-order valence-electron chi connectivity index (χ2n) is 4.44. The maximum atomic E-state index is 11.5. The average molecular weight is 287 g/mol. The summed E-state index contributed by atoms with van der Waals surface area (Å²) >= 11 is 1.42. The van der Waals surface area contributed by atoms with E-state index in [-0.39, 0.29) is 11.8 Å². The van der Waals surface area contributed by atoms with Gasteiger partial charge in [0.25, 0.3) is 0 Å². The highest BCUT2D eigenvalue weighted by molar-refractivity contribution is 7.99. The highest BCUT2D eigenvalue weighted by Gasteiger charge is 2.30. The Morgan fingerprint density at radius 3 is 3.05 bits per heavy atom. The van der Waals surface area contributed by atoms with Gasteiger partial charge in [-0.2, -0.15) is 0 Å². The van der Waals surface area contributed by atoms with Crippen molar-refractivity contribution in [1.82, 2.24) is 14.8 Å². The molecule has 1 aliphatic heterocycles. The number of carbonyl (C=O) groups is 1. The summed E-state index contributed by atoms with van der Waals surface area (Å²) in [5.74, 6) is -0.298. The number of nitrogens with zero attached hydrogens (tertiary/aromatic N) is 2. The SMILES string of the molecule is CCCn1c(SCC2CCC(C(=O)O)O2)n[nH]c1=O. The number of thioether (sulfide) groups is 1. The Balaban J connectivity index is 1.89. The van der Waals surface area contributed by atoms with E-state index in [1.165, 1.54) is 11.8 Å². The lowest BCUT2D eigenvalue weighted by atomic mass is 10.2. The summed E-state index contributed by atoms with van der Waals surface area (Å²) < 4.78 is 7.00. The van der Waals surface area contributed by atoms with Crippen LogP contribution in [0.25, 0.3) is 0 Å². The van der Waals surface area contributed by atoms with Gasteiger partial charge in [0, 0.05) is 12.3 Å². The third kappa shape index (κ3) is 3.38. The van der Waals surface area contributed by atoms with Crippen LogP contribution in [0.2, 0.25) is 0 Å². The quantitative estimate of drug-likeness (QED) is 0.748. The average Bonchev–Trinajstić information content (AvgIpc) is 2.96. The molecule has 1 saturated heterocycles. The Hall–Kier alpha value is -1.28. The predicted octanol–water partition coefficient (Wildman–Crippen LogP) is 0.706. The van der Waals surface area contributed by atoms with Gasteiger partial charge in [0.15, 0.2) is 11.3 Å². The van der Waals surface area contributed by atoms with Crippen LogP contribution in [0.15, 0.2) is 9.95 Å². The Kier molecular flexibility index (Phi) is 4.65. The molecule has 0 amide bonds. The molecule has 0 radical (unpaired) electrons. The zero-order valence-electron chi connectivity index (χ0n) is 10.7. The lowest BCUT2D eigenvalue weighted by Gasteiger charge is -2.10. The summed E-state index contributed by atoms with van der Waals surface area (Å²) in [4.78, 5) is 22.3. The number of rotatable bonds is 6. The summed E-state index contributed by atoms with van der Waals surface area (Å²) in [7, 11) is 0. The minimum Gasteiger partial charge on any atom is -0.479 e. The van der Waals surface area contributed by atoms with Crippen LogP contribution in [0, 0.1) is 0 Å². The zero-order valence-corrected chi connectivity index (χ0v) is 11.5. The summed E-state index contributed by atoms with van der Waals surface area (Å²) in [6.45, 7) is 2.62. The molecule has 2 rings (SSSR count). The Labute approximate surface area is 114 Å². The van der Waals surface area contributed by atoms with E-state index < -0.39 is 12.1 Å². The number of aromatic amines is 1. The van der Waals surface area contributed by atoms with Crippen molar-refractivity contribution in [3.8, 4) is 0 Å². The number of aliphatic carboxylic acids is 1. The lowest BCUT2D eigenvalue weighted by Crippen LogP contribution is -2.21. The number of hydrogen-bond donors (Lipinski definition) is 2. The first-order valence-electron chi connectivity index (χ1n) is 6.28. The van der Waals surface area contributed by atoms with Gasteiger partial charge in [-0.3, -0.25) is 4.57 Å². The number of nitrogens with one attached hydrogen (secondary N) is 1. The van der Waals surface area contributed by atoms with Gasteiger partial charge < -0.3 is 9.84 Å². The smallest absolute Gasteiger partial charge is 0.343 e. The molecule has 0 bridgehead atoms. The molecule has 0 saturated carbocycles. The zero-order chi connectivity index (χ0) is 13.8. The summed E-state index contributed by atoms with van der Waals surface area (Å²) in [6, 6.07) is 0. The van der Waals surface area contributed by atoms with Gasteiger partial charge in [-0.05, 0) is 19.3 Å². The van der Waals surface area contributed by atoms with E-state index in [0.29, 0.717) is 23.9 Å². The molecule has 1 aromatic rings. The van der Waals surface area contributed by atoms with Crippen molar-refractivity contribution in [2.24, 2.45) is 0 Å². The van der Waals surface area contributed by atoms with Crippen molar-refractivity contribution in [3.05, 3.63) is 10.5 Å². The van der Waals surface area contributed by atoms with Crippen molar-refractivity contribution in [2.45, 2.75) is 50.1 Å². The standard InChI is InChI=1S/C11H17N3O4S/c1-2-5-14-10(17)12-13-11(14)19-6-7-3-4-8(18-7)9(15)16/h7-8H,2-6H2,1H3,(H,12,17)(H,15,16). The van der Waals surface area contributed by atoms with Gasteiger partial charge in [-0.25, -0.2) is 14.7 Å². The molecule has 2 N–H and O–H groups in total. The Morgan fingerprint density at radius 1 is 1.63 bits per heavy atom. The van der Waals surface area contributed by atoms with E-state index >= 15 is 0 Å². The topological polar surface area (TPSA) is 97.2 Å². The van der Waals surface area contributed by atoms with Crippen LogP contribution in [0.4, 0.5) is 0 Å². The number of aromatic nitrogens is 3. The molecule has 8 heteroatoms. The van der Waals surface area contributed by atoms with Gasteiger partial charge in [0.05, 0.1) is 6.10 Å². The second kappa shape index (κ2) is 6.25. The molecular weight excluding hydrogens is 270 g/mol. The molecule has 1 aromatic heterocycles. The first kappa shape index (κ1) is 14.1. The number of carboxylic acid groups (broad SMARTS) is 1. The summed E-state index contributed by atoms with van der Waals surface area (Å²) in [5.41, 5.74) is -0.208. The van der Waals surface area contributed by atoms with Crippen molar-refractivity contribution in [2.75, 3.05) is 5.75 Å². The van der Waals surface area contributed by atoms with Crippen LogP contribution in [0.3, 0.4) is 0 Å². The highest BCUT2D eigenvalue weighted by Crippen LogP contribution is 2.25. The normalized spacial score (nSPS) is 22.8. The van der Waals surface area contributed by atoms with Crippen LogP contribution < -0.4 is 5.69 Å². The van der Waals surface area contributed by atoms with E-state index in [9.17, 15) is 9.59 Å². The van der Waals surface area contributed by atoms with E-state index in [1.807, 2.05) is 6.92 Å². The fourth-order valence-electron chi connectivity index (χ4n) is 2.01. The molecule has 0 aliphatic carbocycles. The second-order valence-corrected chi connectivity index (χ2v) is 5.42. The van der Waals surface area contributed by atoms with Gasteiger partial charge in [0.2, 0.25) is 0 Å². The maximum absolute atomic E-state index is 11.5. The maximum Gasteiger partial charge on any atom is 0.343 e. The van der Waals surface area contributed by atoms with Gasteiger partial charge in [-0.1, -0.05) is 18.7 Å². The fourth-order valence-corrected chi connectivity index (χ4v) is 3.03.